The van der Waals surface area contributed by atoms with Crippen molar-refractivity contribution in [1.82, 2.24) is 15.3 Å². The molecule has 2 aromatic heterocycles. The number of nitrogens with zero attached hydrogens (tertiary/aromatic N) is 2. The summed E-state index contributed by atoms with van der Waals surface area (Å²) in [4.78, 5) is 11.3. The molecule has 86 valence electrons. The predicted octanol–water partition coefficient (Wildman–Crippen LogP) is 2.72. The SMILES string of the molecule is CNC(Cc1nc(C)c(C)s1)c1cncs1. The van der Waals surface area contributed by atoms with E-state index >= 15 is 0 Å². The monoisotopic (exact) mass is 253 g/mol. The van der Waals surface area contributed by atoms with Gasteiger partial charge in [-0.05, 0) is 20.9 Å². The van der Waals surface area contributed by atoms with Crippen LogP contribution in [-0.2, 0) is 6.42 Å². The maximum absolute atomic E-state index is 4.57. The lowest BCUT2D eigenvalue weighted by molar-refractivity contribution is 0.599. The molecular formula is C11H15N3S2. The number of hydrogen-bond acceptors (Lipinski definition) is 5. The van der Waals surface area contributed by atoms with E-state index in [0.717, 1.165) is 12.1 Å². The van der Waals surface area contributed by atoms with Gasteiger partial charge in [0.05, 0.1) is 16.2 Å². The van der Waals surface area contributed by atoms with Crippen molar-refractivity contribution in [3.05, 3.63) is 32.2 Å². The van der Waals surface area contributed by atoms with Crippen molar-refractivity contribution in [2.75, 3.05) is 7.05 Å². The summed E-state index contributed by atoms with van der Waals surface area (Å²) < 4.78 is 0. The molecule has 0 aliphatic rings. The first-order valence-electron chi connectivity index (χ1n) is 5.19. The lowest BCUT2D eigenvalue weighted by Crippen LogP contribution is -2.17. The Morgan fingerprint density at radius 2 is 2.25 bits per heavy atom. The molecule has 2 aromatic rings. The number of aromatic nitrogens is 2. The van der Waals surface area contributed by atoms with E-state index in [1.54, 1.807) is 22.7 Å². The van der Waals surface area contributed by atoms with Gasteiger partial charge in [0.1, 0.15) is 0 Å². The van der Waals surface area contributed by atoms with E-state index < -0.39 is 0 Å². The van der Waals surface area contributed by atoms with Gasteiger partial charge < -0.3 is 5.32 Å². The molecule has 0 aliphatic carbocycles. The Morgan fingerprint density at radius 3 is 2.75 bits per heavy atom. The average molecular weight is 253 g/mol. The molecule has 16 heavy (non-hydrogen) atoms. The van der Waals surface area contributed by atoms with Crippen LogP contribution in [0.3, 0.4) is 0 Å². The fourth-order valence-electron chi connectivity index (χ4n) is 1.54. The maximum atomic E-state index is 4.57. The van der Waals surface area contributed by atoms with Crippen LogP contribution in [0.15, 0.2) is 11.7 Å². The van der Waals surface area contributed by atoms with Gasteiger partial charge in [0, 0.05) is 28.4 Å². The highest BCUT2D eigenvalue weighted by Gasteiger charge is 2.14. The summed E-state index contributed by atoms with van der Waals surface area (Å²) in [7, 11) is 1.98. The summed E-state index contributed by atoms with van der Waals surface area (Å²) in [5.74, 6) is 0. The zero-order valence-electron chi connectivity index (χ0n) is 9.65. The number of thiazole rings is 2. The number of rotatable bonds is 4. The van der Waals surface area contributed by atoms with E-state index in [-0.39, 0.29) is 0 Å². The third-order valence-corrected chi connectivity index (χ3v) is 4.58. The highest BCUT2D eigenvalue weighted by molar-refractivity contribution is 7.11. The van der Waals surface area contributed by atoms with Crippen molar-refractivity contribution >= 4 is 22.7 Å². The molecule has 0 spiro atoms. The lowest BCUT2D eigenvalue weighted by Gasteiger charge is -2.11. The fraction of sp³-hybridized carbons (Fsp3) is 0.455. The molecule has 0 amide bonds. The lowest BCUT2D eigenvalue weighted by atomic mass is 10.2. The molecule has 3 nitrogen and oxygen atoms in total. The summed E-state index contributed by atoms with van der Waals surface area (Å²) in [6, 6.07) is 0.331. The number of nitrogens with one attached hydrogen (secondary N) is 1. The minimum atomic E-state index is 0.331. The van der Waals surface area contributed by atoms with Gasteiger partial charge in [0.15, 0.2) is 0 Å². The predicted molar refractivity (Wildman–Crippen MR) is 69.2 cm³/mol. The molecule has 0 radical (unpaired) electrons. The zero-order chi connectivity index (χ0) is 11.5. The van der Waals surface area contributed by atoms with Crippen LogP contribution in [0.1, 0.15) is 26.5 Å². The van der Waals surface area contributed by atoms with E-state index in [4.69, 9.17) is 0 Å². The Morgan fingerprint density at radius 1 is 1.44 bits per heavy atom. The Balaban J connectivity index is 2.13. The molecule has 1 unspecified atom stereocenters. The Bertz CT molecular complexity index is 428. The van der Waals surface area contributed by atoms with Crippen molar-refractivity contribution in [3.8, 4) is 0 Å². The fourth-order valence-corrected chi connectivity index (χ4v) is 3.25. The number of hydrogen-bond donors (Lipinski definition) is 1. The molecule has 2 heterocycles. The van der Waals surface area contributed by atoms with Gasteiger partial charge in [-0.3, -0.25) is 4.98 Å². The van der Waals surface area contributed by atoms with E-state index in [1.165, 1.54) is 14.8 Å². The summed E-state index contributed by atoms with van der Waals surface area (Å²) in [6.45, 7) is 4.19. The van der Waals surface area contributed by atoms with Crippen LogP contribution in [0, 0.1) is 13.8 Å². The highest BCUT2D eigenvalue weighted by Crippen LogP contribution is 2.24. The van der Waals surface area contributed by atoms with Crippen LogP contribution in [0.25, 0.3) is 0 Å². The molecule has 0 bridgehead atoms. The molecule has 1 N–H and O–H groups in total. The molecule has 0 aromatic carbocycles. The Hall–Kier alpha value is -0.780. The van der Waals surface area contributed by atoms with Crippen LogP contribution < -0.4 is 5.32 Å². The smallest absolute Gasteiger partial charge is 0.0950 e. The van der Waals surface area contributed by atoms with Crippen LogP contribution in [0.2, 0.25) is 0 Å². The maximum Gasteiger partial charge on any atom is 0.0950 e. The molecule has 0 fully saturated rings. The van der Waals surface area contributed by atoms with Gasteiger partial charge in [-0.15, -0.1) is 22.7 Å². The number of likely N-dealkylation sites (N-methyl/N-ethyl adjacent to an activating group) is 1. The first kappa shape index (κ1) is 11.7. The minimum absolute atomic E-state index is 0.331. The topological polar surface area (TPSA) is 37.8 Å². The summed E-state index contributed by atoms with van der Waals surface area (Å²) in [5.41, 5.74) is 3.03. The van der Waals surface area contributed by atoms with Crippen LogP contribution >= 0.6 is 22.7 Å². The van der Waals surface area contributed by atoms with Crippen molar-refractivity contribution in [2.24, 2.45) is 0 Å². The largest absolute Gasteiger partial charge is 0.312 e. The molecule has 2 rings (SSSR count). The van der Waals surface area contributed by atoms with Gasteiger partial charge in [-0.2, -0.15) is 0 Å². The van der Waals surface area contributed by atoms with Crippen molar-refractivity contribution in [1.29, 1.82) is 0 Å². The standard InChI is InChI=1S/C11H15N3S2/c1-7-8(2)16-11(14-7)4-9(12-3)10-5-13-6-15-10/h5-6,9,12H,4H2,1-3H3. The van der Waals surface area contributed by atoms with Gasteiger partial charge in [0.2, 0.25) is 0 Å². The van der Waals surface area contributed by atoms with Gasteiger partial charge in [-0.25, -0.2) is 4.98 Å². The molecule has 0 saturated heterocycles. The summed E-state index contributed by atoms with van der Waals surface area (Å²) in [5, 5.41) is 4.52. The molecule has 0 saturated carbocycles. The average Bonchev–Trinajstić information content (AvgIpc) is 2.86. The Labute approximate surface area is 104 Å². The highest BCUT2D eigenvalue weighted by atomic mass is 32.1. The summed E-state index contributed by atoms with van der Waals surface area (Å²) in [6.07, 6.45) is 2.87. The second-order valence-corrected chi connectivity index (χ2v) is 5.90. The zero-order valence-corrected chi connectivity index (χ0v) is 11.3. The van der Waals surface area contributed by atoms with Crippen LogP contribution in [0.5, 0.6) is 0 Å². The van der Waals surface area contributed by atoms with Crippen molar-refractivity contribution < 1.29 is 0 Å². The minimum Gasteiger partial charge on any atom is -0.312 e. The third-order valence-electron chi connectivity index (χ3n) is 2.59. The van der Waals surface area contributed by atoms with E-state index in [2.05, 4.69) is 29.1 Å². The first-order valence-corrected chi connectivity index (χ1v) is 6.89. The second kappa shape index (κ2) is 5.03. The van der Waals surface area contributed by atoms with Crippen molar-refractivity contribution in [3.63, 3.8) is 0 Å². The Kier molecular flexibility index (Phi) is 3.68. The van der Waals surface area contributed by atoms with Gasteiger partial charge in [-0.1, -0.05) is 0 Å². The molecule has 5 heteroatoms. The van der Waals surface area contributed by atoms with E-state index in [1.807, 2.05) is 18.8 Å². The van der Waals surface area contributed by atoms with E-state index in [0.29, 0.717) is 6.04 Å². The molecule has 1 atom stereocenters. The number of aryl methyl sites for hydroxylation is 2. The second-order valence-electron chi connectivity index (χ2n) is 3.70. The van der Waals surface area contributed by atoms with Crippen LogP contribution in [-0.4, -0.2) is 17.0 Å². The van der Waals surface area contributed by atoms with E-state index in [9.17, 15) is 0 Å². The first-order chi connectivity index (χ1) is 7.70. The van der Waals surface area contributed by atoms with Crippen molar-refractivity contribution in [2.45, 2.75) is 26.3 Å². The molecule has 0 aliphatic heterocycles. The normalized spacial score (nSPS) is 12.9. The third kappa shape index (κ3) is 2.48. The van der Waals surface area contributed by atoms with Gasteiger partial charge in [0.25, 0.3) is 0 Å². The van der Waals surface area contributed by atoms with Crippen LogP contribution in [0.4, 0.5) is 0 Å². The molecular weight excluding hydrogens is 238 g/mol. The summed E-state index contributed by atoms with van der Waals surface area (Å²) >= 11 is 3.48. The van der Waals surface area contributed by atoms with Gasteiger partial charge >= 0.3 is 0 Å². The quantitative estimate of drug-likeness (QED) is 0.910.